The molecule has 0 atom stereocenters. The smallest absolute Gasteiger partial charge is 0.227 e. The van der Waals surface area contributed by atoms with Crippen molar-refractivity contribution in [2.75, 3.05) is 42.3 Å². The van der Waals surface area contributed by atoms with Gasteiger partial charge in [0, 0.05) is 29.7 Å². The minimum absolute atomic E-state index is 0.543. The largest absolute Gasteiger partial charge is 0.399 e. The Balaban J connectivity index is 1.40. The first-order chi connectivity index (χ1) is 14.3. The van der Waals surface area contributed by atoms with Crippen molar-refractivity contribution in [1.29, 1.82) is 0 Å². The van der Waals surface area contributed by atoms with Gasteiger partial charge >= 0.3 is 0 Å². The number of hydrogen-bond acceptors (Lipinski definition) is 8. The lowest BCUT2D eigenvalue weighted by atomic mass is 10.1. The number of nitrogen functional groups attached to an aromatic ring is 1. The van der Waals surface area contributed by atoms with Crippen LogP contribution in [-0.4, -0.2) is 41.3 Å². The molecule has 1 aliphatic heterocycles. The molecule has 0 unspecified atom stereocenters. The highest BCUT2D eigenvalue weighted by atomic mass is 32.1. The van der Waals surface area contributed by atoms with E-state index in [1.54, 1.807) is 11.3 Å². The summed E-state index contributed by atoms with van der Waals surface area (Å²) in [5.74, 6) is 1.50. The summed E-state index contributed by atoms with van der Waals surface area (Å²) < 4.78 is 6.43. The number of aromatic nitrogens is 3. The quantitative estimate of drug-likeness (QED) is 0.498. The number of rotatable bonds is 4. The molecule has 0 bridgehead atoms. The molecule has 5 rings (SSSR count). The normalized spacial score (nSPS) is 14.3. The van der Waals surface area contributed by atoms with Crippen LogP contribution in [0.15, 0.2) is 54.2 Å². The second-order valence-electron chi connectivity index (χ2n) is 6.81. The van der Waals surface area contributed by atoms with Crippen molar-refractivity contribution in [3.05, 3.63) is 54.2 Å². The van der Waals surface area contributed by atoms with E-state index >= 15 is 0 Å². The number of pyridine rings is 1. The van der Waals surface area contributed by atoms with E-state index < -0.39 is 0 Å². The number of anilines is 4. The average molecular weight is 404 g/mol. The zero-order valence-corrected chi connectivity index (χ0v) is 16.5. The first-order valence-corrected chi connectivity index (χ1v) is 10.3. The summed E-state index contributed by atoms with van der Waals surface area (Å²) >= 11 is 1.63. The van der Waals surface area contributed by atoms with E-state index in [0.717, 1.165) is 64.8 Å². The van der Waals surface area contributed by atoms with Crippen molar-refractivity contribution in [1.82, 2.24) is 15.0 Å². The molecule has 4 aromatic rings. The summed E-state index contributed by atoms with van der Waals surface area (Å²) in [6, 6.07) is 11.9. The maximum Gasteiger partial charge on any atom is 0.227 e. The molecule has 1 aromatic carbocycles. The molecule has 3 aromatic heterocycles. The van der Waals surface area contributed by atoms with Crippen LogP contribution in [0.3, 0.4) is 0 Å². The zero-order chi connectivity index (χ0) is 19.6. The molecular formula is C21H20N6OS. The third kappa shape index (κ3) is 3.72. The highest BCUT2D eigenvalue weighted by Gasteiger charge is 2.13. The molecule has 7 nitrogen and oxygen atoms in total. The SMILES string of the molecule is Nc1cccc(-c2csc3cnc(Nc4ccc(N5CCOCC5)nc4)nc23)c1. The van der Waals surface area contributed by atoms with E-state index in [-0.39, 0.29) is 0 Å². The maximum absolute atomic E-state index is 5.95. The fourth-order valence-corrected chi connectivity index (χ4v) is 4.24. The average Bonchev–Trinajstić information content (AvgIpc) is 3.18. The molecule has 0 saturated carbocycles. The Labute approximate surface area is 172 Å². The summed E-state index contributed by atoms with van der Waals surface area (Å²) in [5, 5.41) is 5.35. The number of nitrogens with two attached hydrogens (primary N) is 1. The molecule has 0 spiro atoms. The Morgan fingerprint density at radius 1 is 1.07 bits per heavy atom. The van der Waals surface area contributed by atoms with Crippen LogP contribution < -0.4 is 16.0 Å². The topological polar surface area (TPSA) is 89.2 Å². The lowest BCUT2D eigenvalue weighted by molar-refractivity contribution is 0.122. The fourth-order valence-electron chi connectivity index (χ4n) is 3.37. The molecule has 3 N–H and O–H groups in total. The van der Waals surface area contributed by atoms with Crippen molar-refractivity contribution in [2.45, 2.75) is 0 Å². The number of ether oxygens (including phenoxy) is 1. The number of hydrogen-bond donors (Lipinski definition) is 2. The molecule has 4 heterocycles. The molecule has 0 radical (unpaired) electrons. The number of nitrogens with zero attached hydrogens (tertiary/aromatic N) is 4. The molecule has 1 fully saturated rings. The van der Waals surface area contributed by atoms with E-state index in [1.807, 2.05) is 48.8 Å². The maximum atomic E-state index is 5.95. The summed E-state index contributed by atoms with van der Waals surface area (Å²) in [6.45, 7) is 3.21. The highest BCUT2D eigenvalue weighted by Crippen LogP contribution is 2.33. The van der Waals surface area contributed by atoms with Crippen molar-refractivity contribution >= 4 is 44.7 Å². The van der Waals surface area contributed by atoms with Gasteiger partial charge in [0.05, 0.1) is 41.5 Å². The summed E-state index contributed by atoms with van der Waals surface area (Å²) in [4.78, 5) is 16.0. The van der Waals surface area contributed by atoms with Crippen LogP contribution in [0.5, 0.6) is 0 Å². The lowest BCUT2D eigenvalue weighted by Crippen LogP contribution is -2.36. The molecule has 29 heavy (non-hydrogen) atoms. The van der Waals surface area contributed by atoms with Crippen molar-refractivity contribution in [3.63, 3.8) is 0 Å². The van der Waals surface area contributed by atoms with Crippen molar-refractivity contribution in [2.24, 2.45) is 0 Å². The lowest BCUT2D eigenvalue weighted by Gasteiger charge is -2.27. The molecular weight excluding hydrogens is 384 g/mol. The highest BCUT2D eigenvalue weighted by molar-refractivity contribution is 7.17. The van der Waals surface area contributed by atoms with Gasteiger partial charge in [0.1, 0.15) is 5.82 Å². The Bertz CT molecular complexity index is 1140. The molecule has 1 saturated heterocycles. The first-order valence-electron chi connectivity index (χ1n) is 9.42. The summed E-state index contributed by atoms with van der Waals surface area (Å²) in [7, 11) is 0. The van der Waals surface area contributed by atoms with Gasteiger partial charge in [-0.3, -0.25) is 0 Å². The fraction of sp³-hybridized carbons (Fsp3) is 0.190. The first kappa shape index (κ1) is 17.8. The van der Waals surface area contributed by atoms with Gasteiger partial charge in [-0.15, -0.1) is 11.3 Å². The second kappa shape index (κ2) is 7.65. The van der Waals surface area contributed by atoms with Gasteiger partial charge in [-0.25, -0.2) is 15.0 Å². The van der Waals surface area contributed by atoms with E-state index in [2.05, 4.69) is 25.6 Å². The van der Waals surface area contributed by atoms with Crippen molar-refractivity contribution in [3.8, 4) is 11.1 Å². The standard InChI is InChI=1S/C21H20N6OS/c22-15-3-1-2-14(10-15)17-13-29-18-12-24-21(26-20(17)18)25-16-4-5-19(23-11-16)27-6-8-28-9-7-27/h1-5,10-13H,6-9,22H2,(H,24,25,26). The summed E-state index contributed by atoms with van der Waals surface area (Å²) in [5.41, 5.74) is 10.6. The van der Waals surface area contributed by atoms with Crippen LogP contribution in [-0.2, 0) is 4.74 Å². The number of morpholine rings is 1. The molecule has 0 aliphatic carbocycles. The zero-order valence-electron chi connectivity index (χ0n) is 15.7. The van der Waals surface area contributed by atoms with E-state index in [1.165, 1.54) is 0 Å². The van der Waals surface area contributed by atoms with Crippen LogP contribution in [0.1, 0.15) is 0 Å². The van der Waals surface area contributed by atoms with E-state index in [0.29, 0.717) is 5.95 Å². The van der Waals surface area contributed by atoms with Crippen LogP contribution in [0.2, 0.25) is 0 Å². The Morgan fingerprint density at radius 3 is 2.76 bits per heavy atom. The van der Waals surface area contributed by atoms with Gasteiger partial charge in [0.25, 0.3) is 0 Å². The van der Waals surface area contributed by atoms with Crippen LogP contribution in [0, 0.1) is 0 Å². The van der Waals surface area contributed by atoms with Gasteiger partial charge in [-0.05, 0) is 29.8 Å². The Kier molecular flexibility index (Phi) is 4.71. The predicted octanol–water partition coefficient (Wildman–Crippen LogP) is 3.92. The van der Waals surface area contributed by atoms with Gasteiger partial charge < -0.3 is 20.7 Å². The number of thiophene rings is 1. The number of nitrogens with one attached hydrogen (secondary N) is 1. The van der Waals surface area contributed by atoms with Gasteiger partial charge in [-0.1, -0.05) is 12.1 Å². The molecule has 0 amide bonds. The monoisotopic (exact) mass is 404 g/mol. The summed E-state index contributed by atoms with van der Waals surface area (Å²) in [6.07, 6.45) is 3.66. The third-order valence-electron chi connectivity index (χ3n) is 4.85. The van der Waals surface area contributed by atoms with Gasteiger partial charge in [0.2, 0.25) is 5.95 Å². The second-order valence-corrected chi connectivity index (χ2v) is 7.72. The molecule has 8 heteroatoms. The Morgan fingerprint density at radius 2 is 1.97 bits per heavy atom. The predicted molar refractivity (Wildman–Crippen MR) is 118 cm³/mol. The number of benzene rings is 1. The Hall–Kier alpha value is -3.23. The van der Waals surface area contributed by atoms with E-state index in [4.69, 9.17) is 15.5 Å². The molecule has 146 valence electrons. The van der Waals surface area contributed by atoms with Crippen LogP contribution in [0.4, 0.5) is 23.1 Å². The van der Waals surface area contributed by atoms with Gasteiger partial charge in [0.15, 0.2) is 0 Å². The third-order valence-corrected chi connectivity index (χ3v) is 5.76. The van der Waals surface area contributed by atoms with Crippen LogP contribution >= 0.6 is 11.3 Å². The van der Waals surface area contributed by atoms with Crippen molar-refractivity contribution < 1.29 is 4.74 Å². The van der Waals surface area contributed by atoms with Gasteiger partial charge in [-0.2, -0.15) is 0 Å². The minimum atomic E-state index is 0.543. The van der Waals surface area contributed by atoms with E-state index in [9.17, 15) is 0 Å². The molecule has 1 aliphatic rings. The number of fused-ring (bicyclic) bond motifs is 1. The minimum Gasteiger partial charge on any atom is -0.399 e. The van der Waals surface area contributed by atoms with Crippen LogP contribution in [0.25, 0.3) is 21.3 Å².